The number of benzene rings is 2. The van der Waals surface area contributed by atoms with E-state index in [1.807, 2.05) is 42.5 Å². The summed E-state index contributed by atoms with van der Waals surface area (Å²) in [5.41, 5.74) is 1.43. The summed E-state index contributed by atoms with van der Waals surface area (Å²) < 4.78 is 10.2. The second kappa shape index (κ2) is 6.14. The molecule has 0 unspecified atom stereocenters. The second-order valence-electron chi connectivity index (χ2n) is 4.08. The number of nitrogens with zero attached hydrogens (tertiary/aromatic N) is 1. The van der Waals surface area contributed by atoms with Gasteiger partial charge in [0.2, 0.25) is 0 Å². The average molecular weight is 253 g/mol. The van der Waals surface area contributed by atoms with Crippen LogP contribution in [0, 0.1) is 11.3 Å². The lowest BCUT2D eigenvalue weighted by atomic mass is 10.0. The van der Waals surface area contributed by atoms with Gasteiger partial charge in [-0.1, -0.05) is 42.5 Å². The molecular formula is C16H15NO2. The highest BCUT2D eigenvalue weighted by Gasteiger charge is 2.12. The molecule has 0 atom stereocenters. The molecule has 0 saturated carbocycles. The zero-order valence-corrected chi connectivity index (χ0v) is 11.0. The van der Waals surface area contributed by atoms with Gasteiger partial charge in [0.1, 0.15) is 6.07 Å². The van der Waals surface area contributed by atoms with Crippen LogP contribution in [0.4, 0.5) is 0 Å². The molecule has 0 amide bonds. The predicted octanol–water partition coefficient (Wildman–Crippen LogP) is 3.37. The summed E-state index contributed by atoms with van der Waals surface area (Å²) in [7, 11) is 3.03. The standard InChI is InChI=1S/C16H15NO2/c1-18-16(19-2)14(11-17)10-13-8-5-7-12-6-3-4-9-15(12)13/h3-10,16H,1-2H3/b14-10+. The lowest BCUT2D eigenvalue weighted by molar-refractivity contribution is -0.0712. The first-order valence-electron chi connectivity index (χ1n) is 5.95. The van der Waals surface area contributed by atoms with Crippen molar-refractivity contribution in [1.29, 1.82) is 5.26 Å². The van der Waals surface area contributed by atoms with Crippen LogP contribution >= 0.6 is 0 Å². The molecule has 3 nitrogen and oxygen atoms in total. The Labute approximate surface area is 112 Å². The van der Waals surface area contributed by atoms with Crippen LogP contribution in [0.1, 0.15) is 5.56 Å². The van der Waals surface area contributed by atoms with Crippen LogP contribution in [0.15, 0.2) is 48.0 Å². The third-order valence-corrected chi connectivity index (χ3v) is 2.95. The molecule has 2 aromatic rings. The van der Waals surface area contributed by atoms with Gasteiger partial charge >= 0.3 is 0 Å². The van der Waals surface area contributed by atoms with Crippen LogP contribution in [0.5, 0.6) is 0 Å². The van der Waals surface area contributed by atoms with Crippen molar-refractivity contribution < 1.29 is 9.47 Å². The van der Waals surface area contributed by atoms with Gasteiger partial charge in [-0.15, -0.1) is 0 Å². The maximum absolute atomic E-state index is 9.21. The molecule has 3 heteroatoms. The van der Waals surface area contributed by atoms with E-state index in [-0.39, 0.29) is 0 Å². The molecule has 96 valence electrons. The number of nitriles is 1. The van der Waals surface area contributed by atoms with E-state index in [0.717, 1.165) is 16.3 Å². The summed E-state index contributed by atoms with van der Waals surface area (Å²) in [5.74, 6) is 0. The molecule has 0 bridgehead atoms. The minimum atomic E-state index is -0.635. The zero-order valence-electron chi connectivity index (χ0n) is 11.0. The summed E-state index contributed by atoms with van der Waals surface area (Å²) in [6.45, 7) is 0. The fraction of sp³-hybridized carbons (Fsp3) is 0.188. The lowest BCUT2D eigenvalue weighted by Gasteiger charge is -2.12. The molecule has 0 aliphatic heterocycles. The van der Waals surface area contributed by atoms with Crippen LogP contribution in [-0.4, -0.2) is 20.5 Å². The SMILES string of the molecule is COC(OC)/C(C#N)=C/c1cccc2ccccc12. The van der Waals surface area contributed by atoms with E-state index >= 15 is 0 Å². The molecule has 0 heterocycles. The summed E-state index contributed by atoms with van der Waals surface area (Å²) in [4.78, 5) is 0. The van der Waals surface area contributed by atoms with E-state index in [4.69, 9.17) is 9.47 Å². The van der Waals surface area contributed by atoms with E-state index in [9.17, 15) is 5.26 Å². The lowest BCUT2D eigenvalue weighted by Crippen LogP contribution is -2.14. The van der Waals surface area contributed by atoms with Gasteiger partial charge in [-0.3, -0.25) is 0 Å². The van der Waals surface area contributed by atoms with E-state index in [2.05, 4.69) is 6.07 Å². The molecule has 0 saturated heterocycles. The zero-order chi connectivity index (χ0) is 13.7. The van der Waals surface area contributed by atoms with Crippen molar-refractivity contribution in [1.82, 2.24) is 0 Å². The molecule has 0 radical (unpaired) electrons. The topological polar surface area (TPSA) is 42.2 Å². The average Bonchev–Trinajstić information content (AvgIpc) is 2.47. The van der Waals surface area contributed by atoms with Gasteiger partial charge in [-0.2, -0.15) is 5.26 Å². The van der Waals surface area contributed by atoms with Crippen LogP contribution in [-0.2, 0) is 9.47 Å². The number of ether oxygens (including phenoxy) is 2. The third-order valence-electron chi connectivity index (χ3n) is 2.95. The van der Waals surface area contributed by atoms with Crippen LogP contribution in [0.3, 0.4) is 0 Å². The fourth-order valence-electron chi connectivity index (χ4n) is 2.05. The molecule has 0 aromatic heterocycles. The third kappa shape index (κ3) is 2.82. The quantitative estimate of drug-likeness (QED) is 0.619. The smallest absolute Gasteiger partial charge is 0.193 e. The number of rotatable bonds is 4. The monoisotopic (exact) mass is 253 g/mol. The molecule has 2 aromatic carbocycles. The highest BCUT2D eigenvalue weighted by molar-refractivity contribution is 5.91. The van der Waals surface area contributed by atoms with Gasteiger partial charge in [-0.05, 0) is 22.4 Å². The highest BCUT2D eigenvalue weighted by atomic mass is 16.7. The van der Waals surface area contributed by atoms with Crippen molar-refractivity contribution in [3.63, 3.8) is 0 Å². The van der Waals surface area contributed by atoms with Crippen molar-refractivity contribution in [2.75, 3.05) is 14.2 Å². The van der Waals surface area contributed by atoms with Gasteiger partial charge in [0.05, 0.1) is 5.57 Å². The van der Waals surface area contributed by atoms with Crippen molar-refractivity contribution in [3.8, 4) is 6.07 Å². The normalized spacial score (nSPS) is 11.8. The number of hydrogen-bond acceptors (Lipinski definition) is 3. The Hall–Kier alpha value is -2.15. The molecular weight excluding hydrogens is 238 g/mol. The first-order valence-corrected chi connectivity index (χ1v) is 5.95. The van der Waals surface area contributed by atoms with Gasteiger partial charge in [0, 0.05) is 14.2 Å². The van der Waals surface area contributed by atoms with Gasteiger partial charge in [0.25, 0.3) is 0 Å². The van der Waals surface area contributed by atoms with Gasteiger partial charge < -0.3 is 9.47 Å². The van der Waals surface area contributed by atoms with Gasteiger partial charge in [-0.25, -0.2) is 0 Å². The molecule has 2 rings (SSSR count). The molecule has 0 aliphatic carbocycles. The summed E-state index contributed by atoms with van der Waals surface area (Å²) >= 11 is 0. The maximum atomic E-state index is 9.21. The van der Waals surface area contributed by atoms with Crippen LogP contribution in [0.2, 0.25) is 0 Å². The number of fused-ring (bicyclic) bond motifs is 1. The number of hydrogen-bond donors (Lipinski definition) is 0. The summed E-state index contributed by atoms with van der Waals surface area (Å²) in [6.07, 6.45) is 1.17. The Kier molecular flexibility index (Phi) is 4.30. The Morgan fingerprint density at radius 1 is 1.11 bits per heavy atom. The van der Waals surface area contributed by atoms with Crippen LogP contribution in [0.25, 0.3) is 16.8 Å². The van der Waals surface area contributed by atoms with Crippen LogP contribution < -0.4 is 0 Å². The first kappa shape index (κ1) is 13.3. The predicted molar refractivity (Wildman–Crippen MR) is 75.3 cm³/mol. The van der Waals surface area contributed by atoms with Crippen molar-refractivity contribution in [3.05, 3.63) is 53.6 Å². The molecule has 0 aliphatic rings. The van der Waals surface area contributed by atoms with Gasteiger partial charge in [0.15, 0.2) is 6.29 Å². The van der Waals surface area contributed by atoms with E-state index in [0.29, 0.717) is 5.57 Å². The minimum absolute atomic E-state index is 0.446. The Balaban J connectivity index is 2.53. The number of methoxy groups -OCH3 is 2. The molecule has 0 N–H and O–H groups in total. The van der Waals surface area contributed by atoms with E-state index in [1.54, 1.807) is 6.08 Å². The minimum Gasteiger partial charge on any atom is -0.351 e. The second-order valence-corrected chi connectivity index (χ2v) is 4.08. The largest absolute Gasteiger partial charge is 0.351 e. The molecule has 19 heavy (non-hydrogen) atoms. The maximum Gasteiger partial charge on any atom is 0.193 e. The molecule has 0 fully saturated rings. The Bertz CT molecular complexity index is 631. The van der Waals surface area contributed by atoms with E-state index in [1.165, 1.54) is 14.2 Å². The summed E-state index contributed by atoms with van der Waals surface area (Å²) in [6, 6.07) is 16.2. The Morgan fingerprint density at radius 3 is 2.47 bits per heavy atom. The summed E-state index contributed by atoms with van der Waals surface area (Å²) in [5, 5.41) is 11.5. The van der Waals surface area contributed by atoms with Crippen molar-refractivity contribution >= 4 is 16.8 Å². The van der Waals surface area contributed by atoms with E-state index < -0.39 is 6.29 Å². The highest BCUT2D eigenvalue weighted by Crippen LogP contribution is 2.22. The Morgan fingerprint density at radius 2 is 1.79 bits per heavy atom. The molecule has 0 spiro atoms. The van der Waals surface area contributed by atoms with Crippen molar-refractivity contribution in [2.45, 2.75) is 6.29 Å². The fourth-order valence-corrected chi connectivity index (χ4v) is 2.05. The first-order chi connectivity index (χ1) is 9.30. The van der Waals surface area contributed by atoms with Crippen molar-refractivity contribution in [2.24, 2.45) is 0 Å².